The van der Waals surface area contributed by atoms with Crippen molar-refractivity contribution in [3.8, 4) is 0 Å². The Morgan fingerprint density at radius 3 is 2.71 bits per heavy atom. The lowest BCUT2D eigenvalue weighted by molar-refractivity contribution is -0.117. The van der Waals surface area contributed by atoms with E-state index in [0.29, 0.717) is 5.82 Å². The van der Waals surface area contributed by atoms with E-state index in [-0.39, 0.29) is 23.3 Å². The molecular formula is C28H33N5O2. The molecule has 3 fully saturated rings. The molecule has 0 unspecified atom stereocenters. The van der Waals surface area contributed by atoms with Crippen LogP contribution in [-0.2, 0) is 9.53 Å². The van der Waals surface area contributed by atoms with Crippen molar-refractivity contribution < 1.29 is 9.53 Å². The number of nitrogens with one attached hydrogen (secondary N) is 1. The van der Waals surface area contributed by atoms with Crippen LogP contribution < -0.4 is 10.2 Å². The topological polar surface area (TPSA) is 70.6 Å². The van der Waals surface area contributed by atoms with Gasteiger partial charge in [-0.25, -0.2) is 4.98 Å². The smallest absolute Gasteiger partial charge is 0.229 e. The predicted octanol–water partition coefficient (Wildman–Crippen LogP) is 3.98. The molecule has 1 amide bonds. The third-order valence-electron chi connectivity index (χ3n) is 8.06. The maximum atomic E-state index is 12.8. The number of ether oxygens (including phenoxy) is 1. The van der Waals surface area contributed by atoms with Gasteiger partial charge in [-0.15, -0.1) is 0 Å². The molecule has 1 aromatic carbocycles. The van der Waals surface area contributed by atoms with Gasteiger partial charge in [0.15, 0.2) is 0 Å². The molecule has 0 radical (unpaired) electrons. The lowest BCUT2D eigenvalue weighted by Crippen LogP contribution is -2.56. The van der Waals surface area contributed by atoms with Crippen molar-refractivity contribution in [3.05, 3.63) is 60.0 Å². The van der Waals surface area contributed by atoms with Gasteiger partial charge in [0.1, 0.15) is 5.82 Å². The van der Waals surface area contributed by atoms with Gasteiger partial charge in [-0.05, 0) is 68.0 Å². The monoisotopic (exact) mass is 471 g/mol. The van der Waals surface area contributed by atoms with Crippen LogP contribution in [-0.4, -0.2) is 65.7 Å². The highest BCUT2D eigenvalue weighted by atomic mass is 16.5. The Hall–Kier alpha value is -3.03. The van der Waals surface area contributed by atoms with Gasteiger partial charge in [-0.2, -0.15) is 0 Å². The SMILES string of the molecule is Cc1cc2cnc(NC(=O)[C@@H]3C[C@H]3c3ccccn3)cc2cc1N1CCN([C@@]2(C)CCOC2)CC1. The molecule has 2 saturated heterocycles. The number of fused-ring (bicyclic) bond motifs is 1. The number of aromatic nitrogens is 2. The van der Waals surface area contributed by atoms with Crippen LogP contribution in [0.5, 0.6) is 0 Å². The number of carbonyl (C=O) groups excluding carboxylic acids is 1. The van der Waals surface area contributed by atoms with Crippen LogP contribution in [0, 0.1) is 12.8 Å². The van der Waals surface area contributed by atoms with E-state index >= 15 is 0 Å². The van der Waals surface area contributed by atoms with Crippen LogP contribution in [0.15, 0.2) is 48.8 Å². The highest BCUT2D eigenvalue weighted by Gasteiger charge is 2.45. The molecule has 1 aliphatic carbocycles. The van der Waals surface area contributed by atoms with E-state index in [2.05, 4.69) is 51.1 Å². The average molecular weight is 472 g/mol. The normalized spacial score (nSPS) is 26.7. The first-order chi connectivity index (χ1) is 17.0. The van der Waals surface area contributed by atoms with Crippen LogP contribution in [0.3, 0.4) is 0 Å². The van der Waals surface area contributed by atoms with Crippen LogP contribution in [0.2, 0.25) is 0 Å². The minimum absolute atomic E-state index is 0.0281. The molecule has 3 aliphatic rings. The Morgan fingerprint density at radius 2 is 1.97 bits per heavy atom. The van der Waals surface area contributed by atoms with Crippen LogP contribution in [0.25, 0.3) is 10.8 Å². The molecule has 6 rings (SSSR count). The van der Waals surface area contributed by atoms with Gasteiger partial charge >= 0.3 is 0 Å². The quantitative estimate of drug-likeness (QED) is 0.607. The summed E-state index contributed by atoms with van der Waals surface area (Å²) in [5.41, 5.74) is 3.70. The number of piperazine rings is 1. The van der Waals surface area contributed by atoms with E-state index in [4.69, 9.17) is 4.74 Å². The summed E-state index contributed by atoms with van der Waals surface area (Å²) in [5.74, 6) is 0.824. The molecule has 4 heterocycles. The van der Waals surface area contributed by atoms with Crippen molar-refractivity contribution in [2.24, 2.45) is 5.92 Å². The summed E-state index contributed by atoms with van der Waals surface area (Å²) in [7, 11) is 0. The second-order valence-corrected chi connectivity index (χ2v) is 10.5. The van der Waals surface area contributed by atoms with Crippen molar-refractivity contribution in [1.29, 1.82) is 0 Å². The molecule has 1 saturated carbocycles. The highest BCUT2D eigenvalue weighted by molar-refractivity contribution is 5.97. The average Bonchev–Trinajstić information content (AvgIpc) is 3.57. The number of rotatable bonds is 5. The van der Waals surface area contributed by atoms with Crippen molar-refractivity contribution >= 4 is 28.2 Å². The van der Waals surface area contributed by atoms with Gasteiger partial charge in [-0.3, -0.25) is 14.7 Å². The molecule has 1 N–H and O–H groups in total. The van der Waals surface area contributed by atoms with Gasteiger partial charge in [-0.1, -0.05) is 6.07 Å². The number of anilines is 2. The molecule has 2 aliphatic heterocycles. The molecule has 35 heavy (non-hydrogen) atoms. The summed E-state index contributed by atoms with van der Waals surface area (Å²) in [6.07, 6.45) is 5.62. The Labute approximate surface area is 206 Å². The zero-order valence-electron chi connectivity index (χ0n) is 20.5. The van der Waals surface area contributed by atoms with Crippen molar-refractivity contribution in [2.75, 3.05) is 49.6 Å². The molecule has 7 nitrogen and oxygen atoms in total. The van der Waals surface area contributed by atoms with E-state index in [1.807, 2.05) is 30.5 Å². The molecule has 0 bridgehead atoms. The zero-order chi connectivity index (χ0) is 24.0. The Morgan fingerprint density at radius 1 is 1.11 bits per heavy atom. The fourth-order valence-electron chi connectivity index (χ4n) is 5.72. The lowest BCUT2D eigenvalue weighted by atomic mass is 9.97. The molecule has 2 aromatic heterocycles. The molecule has 3 aromatic rings. The van der Waals surface area contributed by atoms with Crippen molar-refractivity contribution in [1.82, 2.24) is 14.9 Å². The third kappa shape index (κ3) is 4.39. The summed E-state index contributed by atoms with van der Waals surface area (Å²) < 4.78 is 5.68. The number of aryl methyl sites for hydroxylation is 1. The molecule has 3 atom stereocenters. The molecule has 0 spiro atoms. The molecular weight excluding hydrogens is 438 g/mol. The second-order valence-electron chi connectivity index (χ2n) is 10.5. The van der Waals surface area contributed by atoms with E-state index in [9.17, 15) is 4.79 Å². The number of hydrogen-bond acceptors (Lipinski definition) is 6. The number of carbonyl (C=O) groups is 1. The van der Waals surface area contributed by atoms with Crippen molar-refractivity contribution in [3.63, 3.8) is 0 Å². The second kappa shape index (κ2) is 8.88. The lowest BCUT2D eigenvalue weighted by Gasteiger charge is -2.44. The van der Waals surface area contributed by atoms with E-state index < -0.39 is 0 Å². The van der Waals surface area contributed by atoms with E-state index in [0.717, 1.165) is 68.7 Å². The van der Waals surface area contributed by atoms with Gasteiger partial charge in [0.2, 0.25) is 5.91 Å². The first-order valence-corrected chi connectivity index (χ1v) is 12.7. The summed E-state index contributed by atoms with van der Waals surface area (Å²) >= 11 is 0. The van der Waals surface area contributed by atoms with Gasteiger partial charge < -0.3 is 15.0 Å². The van der Waals surface area contributed by atoms with E-state index in [1.54, 1.807) is 6.20 Å². The number of amides is 1. The summed E-state index contributed by atoms with van der Waals surface area (Å²) in [5, 5.41) is 5.24. The third-order valence-corrected chi connectivity index (χ3v) is 8.06. The Bertz CT molecular complexity index is 1230. The highest BCUT2D eigenvalue weighted by Crippen LogP contribution is 2.47. The predicted molar refractivity (Wildman–Crippen MR) is 138 cm³/mol. The zero-order valence-corrected chi connectivity index (χ0v) is 20.5. The van der Waals surface area contributed by atoms with Crippen molar-refractivity contribution in [2.45, 2.75) is 38.1 Å². The van der Waals surface area contributed by atoms with Gasteiger partial charge in [0, 0.05) is 79.3 Å². The minimum Gasteiger partial charge on any atom is -0.379 e. The van der Waals surface area contributed by atoms with Crippen LogP contribution in [0.1, 0.15) is 36.9 Å². The minimum atomic E-state index is -0.0283. The fourth-order valence-corrected chi connectivity index (χ4v) is 5.72. The van der Waals surface area contributed by atoms with Crippen LogP contribution >= 0.6 is 0 Å². The number of benzene rings is 1. The number of pyridine rings is 2. The van der Waals surface area contributed by atoms with Crippen LogP contribution in [0.4, 0.5) is 11.5 Å². The first kappa shape index (κ1) is 22.4. The molecule has 182 valence electrons. The Kier molecular flexibility index (Phi) is 5.69. The maximum Gasteiger partial charge on any atom is 0.229 e. The van der Waals surface area contributed by atoms with E-state index in [1.165, 1.54) is 11.3 Å². The first-order valence-electron chi connectivity index (χ1n) is 12.7. The fraction of sp³-hybridized carbons (Fsp3) is 0.464. The largest absolute Gasteiger partial charge is 0.379 e. The maximum absolute atomic E-state index is 12.8. The standard InChI is InChI=1S/C28H33N5O2/c1-19-13-21-17-30-26(31-27(34)23-16-22(23)24-5-3-4-7-29-24)15-20(21)14-25(19)32-8-10-33(11-9-32)28(2)6-12-35-18-28/h3-5,7,13-15,17,22-23H,6,8-12,16,18H2,1-2H3,(H,30,31,34)/t22-,23-,28+/m1/s1. The Balaban J connectivity index is 1.15. The number of nitrogens with zero attached hydrogens (tertiary/aromatic N) is 4. The van der Waals surface area contributed by atoms with Gasteiger partial charge in [0.25, 0.3) is 0 Å². The summed E-state index contributed by atoms with van der Waals surface area (Å²) in [6, 6.07) is 12.3. The number of hydrogen-bond donors (Lipinski definition) is 1. The summed E-state index contributed by atoms with van der Waals surface area (Å²) in [4.78, 5) is 26.8. The van der Waals surface area contributed by atoms with Gasteiger partial charge in [0.05, 0.1) is 6.61 Å². The molecule has 7 heteroatoms. The summed E-state index contributed by atoms with van der Waals surface area (Å²) in [6.45, 7) is 10.3.